The number of fused-ring (bicyclic) bond motifs is 6. The predicted octanol–water partition coefficient (Wildman–Crippen LogP) is 14.6. The van der Waals surface area contributed by atoms with Crippen LogP contribution in [-0.4, -0.2) is 15.0 Å². The summed E-state index contributed by atoms with van der Waals surface area (Å²) in [4.78, 5) is 15.1. The van der Waals surface area contributed by atoms with Crippen molar-refractivity contribution in [2.75, 3.05) is 0 Å². The summed E-state index contributed by atoms with van der Waals surface area (Å²) in [6.45, 7) is 0. The molecule has 3 nitrogen and oxygen atoms in total. The highest BCUT2D eigenvalue weighted by Gasteiger charge is 2.17. The summed E-state index contributed by atoms with van der Waals surface area (Å²) in [6.07, 6.45) is 3.70. The SMILES string of the molecule is c1ccc(-c2cc(-c3cc(-c4ccc5sc6ccccc6c5c4)cc(-c4ccc5sc6ccccc6c5c4)c3)nc(-c3ccccc3-c3cccnc3)n2)cc1. The molecule has 0 unspecified atom stereocenters. The third kappa shape index (κ3) is 5.77. The van der Waals surface area contributed by atoms with E-state index in [1.165, 1.54) is 51.5 Å². The first-order valence-electron chi connectivity index (χ1n) is 18.6. The van der Waals surface area contributed by atoms with E-state index in [0.29, 0.717) is 5.82 Å². The Morgan fingerprint density at radius 2 is 0.839 bits per heavy atom. The minimum atomic E-state index is 0.671. The van der Waals surface area contributed by atoms with Crippen LogP contribution in [-0.2, 0) is 0 Å². The van der Waals surface area contributed by atoms with Crippen LogP contribution in [0, 0.1) is 0 Å². The second kappa shape index (κ2) is 13.5. The van der Waals surface area contributed by atoms with Crippen LogP contribution in [0.2, 0.25) is 0 Å². The van der Waals surface area contributed by atoms with Gasteiger partial charge in [-0.15, -0.1) is 22.7 Å². The zero-order valence-electron chi connectivity index (χ0n) is 30.1. The lowest BCUT2D eigenvalue weighted by molar-refractivity contribution is 1.18. The van der Waals surface area contributed by atoms with Gasteiger partial charge in [-0.3, -0.25) is 4.98 Å². The van der Waals surface area contributed by atoms with Crippen LogP contribution in [0.15, 0.2) is 188 Å². The van der Waals surface area contributed by atoms with Gasteiger partial charge < -0.3 is 0 Å². The number of pyridine rings is 1. The van der Waals surface area contributed by atoms with Crippen molar-refractivity contribution < 1.29 is 0 Å². The summed E-state index contributed by atoms with van der Waals surface area (Å²) in [5.74, 6) is 0.671. The van der Waals surface area contributed by atoms with Crippen molar-refractivity contribution in [3.8, 4) is 67.3 Å². The molecule has 0 radical (unpaired) electrons. The van der Waals surface area contributed by atoms with Gasteiger partial charge in [0, 0.05) is 75.0 Å². The molecule has 4 aromatic heterocycles. The Morgan fingerprint density at radius 1 is 0.321 bits per heavy atom. The lowest BCUT2D eigenvalue weighted by atomic mass is 9.93. The Hall–Kier alpha value is -6.79. The summed E-state index contributed by atoms with van der Waals surface area (Å²) in [6, 6.07) is 63.1. The standard InChI is InChI=1S/C51H31N3S2/c1-2-11-32(12-3-1)45-30-46(54-51(53-45)42-17-5-4-14-39(42)35-13-10-24-52-31-35)38-26-36(33-20-22-49-43(28-33)40-15-6-8-18-47(40)55-49)25-37(27-38)34-21-23-50-44(29-34)41-16-7-9-19-48(41)56-50/h1-31H. The molecule has 0 spiro atoms. The van der Waals surface area contributed by atoms with Gasteiger partial charge in [-0.1, -0.05) is 109 Å². The van der Waals surface area contributed by atoms with Gasteiger partial charge in [-0.05, 0) is 94.5 Å². The van der Waals surface area contributed by atoms with Crippen LogP contribution >= 0.6 is 22.7 Å². The Balaban J connectivity index is 1.15. The number of hydrogen-bond donors (Lipinski definition) is 0. The molecule has 0 N–H and O–H groups in total. The molecule has 0 saturated carbocycles. The van der Waals surface area contributed by atoms with Crippen molar-refractivity contribution in [3.63, 3.8) is 0 Å². The first-order valence-corrected chi connectivity index (χ1v) is 20.3. The minimum absolute atomic E-state index is 0.671. The zero-order valence-corrected chi connectivity index (χ0v) is 31.7. The number of rotatable bonds is 6. The number of nitrogens with zero attached hydrogens (tertiary/aromatic N) is 3. The van der Waals surface area contributed by atoms with Crippen molar-refractivity contribution in [1.29, 1.82) is 0 Å². The van der Waals surface area contributed by atoms with E-state index in [9.17, 15) is 0 Å². The average molecular weight is 750 g/mol. The van der Waals surface area contributed by atoms with E-state index in [4.69, 9.17) is 9.97 Å². The van der Waals surface area contributed by atoms with Crippen LogP contribution in [0.5, 0.6) is 0 Å². The van der Waals surface area contributed by atoms with Gasteiger partial charge in [0.25, 0.3) is 0 Å². The van der Waals surface area contributed by atoms with Gasteiger partial charge in [-0.2, -0.15) is 0 Å². The lowest BCUT2D eigenvalue weighted by Crippen LogP contribution is -1.98. The highest BCUT2D eigenvalue weighted by Crippen LogP contribution is 2.41. The zero-order chi connectivity index (χ0) is 37.0. The molecule has 0 aliphatic rings. The fraction of sp³-hybridized carbons (Fsp3) is 0. The van der Waals surface area contributed by atoms with Crippen molar-refractivity contribution in [1.82, 2.24) is 15.0 Å². The van der Waals surface area contributed by atoms with E-state index in [0.717, 1.165) is 50.3 Å². The molecule has 0 aliphatic heterocycles. The highest BCUT2D eigenvalue weighted by atomic mass is 32.1. The van der Waals surface area contributed by atoms with Gasteiger partial charge in [0.1, 0.15) is 0 Å². The highest BCUT2D eigenvalue weighted by molar-refractivity contribution is 7.26. The van der Waals surface area contributed by atoms with E-state index in [-0.39, 0.29) is 0 Å². The summed E-state index contributed by atoms with van der Waals surface area (Å²) in [7, 11) is 0. The summed E-state index contributed by atoms with van der Waals surface area (Å²) in [5, 5.41) is 5.15. The third-order valence-electron chi connectivity index (χ3n) is 10.6. The fourth-order valence-electron chi connectivity index (χ4n) is 7.84. The van der Waals surface area contributed by atoms with Crippen molar-refractivity contribution in [2.45, 2.75) is 0 Å². The van der Waals surface area contributed by atoms with E-state index < -0.39 is 0 Å². The van der Waals surface area contributed by atoms with Crippen LogP contribution < -0.4 is 0 Å². The Morgan fingerprint density at radius 3 is 1.46 bits per heavy atom. The quantitative estimate of drug-likeness (QED) is 0.170. The molecular formula is C51H31N3S2. The second-order valence-corrected chi connectivity index (χ2v) is 16.2. The molecule has 0 fully saturated rings. The molecule has 56 heavy (non-hydrogen) atoms. The Bertz CT molecular complexity index is 3120. The van der Waals surface area contributed by atoms with Gasteiger partial charge in [-0.25, -0.2) is 9.97 Å². The van der Waals surface area contributed by atoms with Gasteiger partial charge in [0.2, 0.25) is 0 Å². The molecule has 11 rings (SSSR count). The van der Waals surface area contributed by atoms with Crippen molar-refractivity contribution in [3.05, 3.63) is 188 Å². The smallest absolute Gasteiger partial charge is 0.161 e. The maximum Gasteiger partial charge on any atom is 0.161 e. The molecule has 0 amide bonds. The maximum atomic E-state index is 5.39. The van der Waals surface area contributed by atoms with Crippen LogP contribution in [0.4, 0.5) is 0 Å². The Labute approximate surface area is 331 Å². The summed E-state index contributed by atoms with van der Waals surface area (Å²) in [5.41, 5.74) is 11.5. The fourth-order valence-corrected chi connectivity index (χ4v) is 10.0. The molecule has 11 aromatic rings. The average Bonchev–Trinajstić information content (AvgIpc) is 3.84. The molecular weight excluding hydrogens is 719 g/mol. The predicted molar refractivity (Wildman–Crippen MR) is 238 cm³/mol. The molecule has 0 bridgehead atoms. The third-order valence-corrected chi connectivity index (χ3v) is 12.9. The maximum absolute atomic E-state index is 5.39. The molecule has 0 saturated heterocycles. The van der Waals surface area contributed by atoms with Gasteiger partial charge in [0.05, 0.1) is 11.4 Å². The van der Waals surface area contributed by atoms with Crippen molar-refractivity contribution in [2.24, 2.45) is 0 Å². The normalized spacial score (nSPS) is 11.6. The number of hydrogen-bond acceptors (Lipinski definition) is 5. The molecule has 0 atom stereocenters. The summed E-state index contributed by atoms with van der Waals surface area (Å²) < 4.78 is 5.19. The number of thiophene rings is 2. The molecule has 7 aromatic carbocycles. The first kappa shape index (κ1) is 32.6. The number of benzene rings is 7. The topological polar surface area (TPSA) is 38.7 Å². The molecule has 5 heteroatoms. The van der Waals surface area contributed by atoms with Gasteiger partial charge in [0.15, 0.2) is 5.82 Å². The van der Waals surface area contributed by atoms with Crippen LogP contribution in [0.25, 0.3) is 108 Å². The lowest BCUT2D eigenvalue weighted by Gasteiger charge is -2.15. The summed E-state index contributed by atoms with van der Waals surface area (Å²) >= 11 is 3.69. The number of aromatic nitrogens is 3. The molecule has 0 aliphatic carbocycles. The van der Waals surface area contributed by atoms with Crippen LogP contribution in [0.3, 0.4) is 0 Å². The minimum Gasteiger partial charge on any atom is -0.264 e. The monoisotopic (exact) mass is 749 g/mol. The van der Waals surface area contributed by atoms with E-state index in [2.05, 4.69) is 169 Å². The first-order chi connectivity index (χ1) is 27.7. The molecule has 4 heterocycles. The Kier molecular flexibility index (Phi) is 7.87. The van der Waals surface area contributed by atoms with E-state index in [1.54, 1.807) is 6.20 Å². The van der Waals surface area contributed by atoms with Gasteiger partial charge >= 0.3 is 0 Å². The second-order valence-electron chi connectivity index (χ2n) is 14.0. The van der Waals surface area contributed by atoms with E-state index in [1.807, 2.05) is 41.0 Å². The van der Waals surface area contributed by atoms with Crippen LogP contribution in [0.1, 0.15) is 0 Å². The largest absolute Gasteiger partial charge is 0.264 e. The van der Waals surface area contributed by atoms with E-state index >= 15 is 0 Å². The molecule has 262 valence electrons. The van der Waals surface area contributed by atoms with Crippen molar-refractivity contribution >= 4 is 63.0 Å².